The molecule has 1 atom stereocenters. The van der Waals surface area contributed by atoms with Crippen molar-refractivity contribution in [2.75, 3.05) is 13.2 Å². The van der Waals surface area contributed by atoms with Crippen molar-refractivity contribution >= 4 is 5.97 Å². The van der Waals surface area contributed by atoms with Crippen molar-refractivity contribution in [3.8, 4) is 11.5 Å². The van der Waals surface area contributed by atoms with Crippen LogP contribution >= 0.6 is 0 Å². The van der Waals surface area contributed by atoms with E-state index in [1.54, 1.807) is 6.07 Å². The predicted octanol–water partition coefficient (Wildman–Crippen LogP) is 2.08. The van der Waals surface area contributed by atoms with Crippen LogP contribution in [0.4, 0.5) is 0 Å². The van der Waals surface area contributed by atoms with Gasteiger partial charge in [-0.15, -0.1) is 0 Å². The summed E-state index contributed by atoms with van der Waals surface area (Å²) in [6.07, 6.45) is 2.23. The number of hydrogen-bond donors (Lipinski definition) is 0. The van der Waals surface area contributed by atoms with E-state index in [0.29, 0.717) is 30.4 Å². The molecule has 0 aromatic heterocycles. The molecule has 0 spiro atoms. The number of carbonyl (C=O) groups excluding carboxylic acids is 1. The lowest BCUT2D eigenvalue weighted by molar-refractivity contribution is 0.0338. The Morgan fingerprint density at radius 1 is 1.06 bits per heavy atom. The Labute approximate surface area is 98.5 Å². The molecule has 17 heavy (non-hydrogen) atoms. The number of carbonyl (C=O) groups is 1. The molecular weight excluding hydrogens is 220 g/mol. The van der Waals surface area contributed by atoms with Gasteiger partial charge >= 0.3 is 5.97 Å². The highest BCUT2D eigenvalue weighted by atomic mass is 16.6. The normalized spacial score (nSPS) is 25.4. The van der Waals surface area contributed by atoms with Crippen LogP contribution in [0.1, 0.15) is 34.9 Å². The maximum Gasteiger partial charge on any atom is 0.339 e. The lowest BCUT2D eigenvalue weighted by atomic mass is 10.0. The van der Waals surface area contributed by atoms with Crippen LogP contribution in [0.15, 0.2) is 12.1 Å². The van der Waals surface area contributed by atoms with Gasteiger partial charge in [-0.25, -0.2) is 4.79 Å². The van der Waals surface area contributed by atoms with Crippen LogP contribution < -0.4 is 9.47 Å². The maximum absolute atomic E-state index is 11.8. The van der Waals surface area contributed by atoms with Gasteiger partial charge in [0.2, 0.25) is 0 Å². The van der Waals surface area contributed by atoms with Crippen molar-refractivity contribution in [1.29, 1.82) is 0 Å². The smallest absolute Gasteiger partial charge is 0.339 e. The summed E-state index contributed by atoms with van der Waals surface area (Å²) in [5, 5.41) is 0. The van der Waals surface area contributed by atoms with Gasteiger partial charge in [-0.1, -0.05) is 0 Å². The molecule has 1 aliphatic carbocycles. The number of cyclic esters (lactones) is 1. The minimum Gasteiger partial charge on any atom is -0.486 e. The van der Waals surface area contributed by atoms with E-state index < -0.39 is 0 Å². The van der Waals surface area contributed by atoms with Gasteiger partial charge in [0.25, 0.3) is 0 Å². The molecule has 0 radical (unpaired) electrons. The quantitative estimate of drug-likeness (QED) is 0.695. The number of hydrogen-bond acceptors (Lipinski definition) is 4. The van der Waals surface area contributed by atoms with E-state index in [1.807, 2.05) is 6.07 Å². The molecule has 88 valence electrons. The minimum atomic E-state index is -0.228. The van der Waals surface area contributed by atoms with E-state index in [0.717, 1.165) is 24.2 Å². The Kier molecular flexibility index (Phi) is 1.73. The van der Waals surface area contributed by atoms with Crippen LogP contribution in [0.5, 0.6) is 11.5 Å². The summed E-state index contributed by atoms with van der Waals surface area (Å²) in [6, 6.07) is 3.67. The van der Waals surface area contributed by atoms with E-state index in [1.165, 1.54) is 0 Å². The first kappa shape index (κ1) is 9.33. The Bertz CT molecular complexity index is 504. The molecule has 3 aliphatic rings. The maximum atomic E-state index is 11.8. The van der Waals surface area contributed by atoms with Gasteiger partial charge in [0.1, 0.15) is 19.3 Å². The monoisotopic (exact) mass is 232 g/mol. The summed E-state index contributed by atoms with van der Waals surface area (Å²) >= 11 is 0. The van der Waals surface area contributed by atoms with Crippen LogP contribution in [0, 0.1) is 5.92 Å². The molecular formula is C13H12O4. The summed E-state index contributed by atoms with van der Waals surface area (Å²) in [6.45, 7) is 1.10. The molecule has 0 saturated heterocycles. The van der Waals surface area contributed by atoms with E-state index in [4.69, 9.17) is 14.2 Å². The highest BCUT2D eigenvalue weighted by Crippen LogP contribution is 2.50. The predicted molar refractivity (Wildman–Crippen MR) is 58.3 cm³/mol. The molecule has 1 aromatic carbocycles. The second kappa shape index (κ2) is 3.15. The molecule has 0 N–H and O–H groups in total. The Morgan fingerprint density at radius 3 is 2.47 bits per heavy atom. The Hall–Kier alpha value is -1.71. The molecule has 4 rings (SSSR count). The van der Waals surface area contributed by atoms with Crippen molar-refractivity contribution in [3.05, 3.63) is 23.3 Å². The van der Waals surface area contributed by atoms with Crippen LogP contribution in [-0.4, -0.2) is 19.2 Å². The second-order valence-corrected chi connectivity index (χ2v) is 4.75. The largest absolute Gasteiger partial charge is 0.486 e. The summed E-state index contributed by atoms with van der Waals surface area (Å²) in [5.41, 5.74) is 1.62. The molecule has 1 aromatic rings. The van der Waals surface area contributed by atoms with Gasteiger partial charge in [-0.3, -0.25) is 0 Å². The Morgan fingerprint density at radius 2 is 1.76 bits per heavy atom. The lowest BCUT2D eigenvalue weighted by Gasteiger charge is -2.19. The molecule has 0 amide bonds. The summed E-state index contributed by atoms with van der Waals surface area (Å²) in [4.78, 5) is 11.8. The van der Waals surface area contributed by atoms with E-state index >= 15 is 0 Å². The van der Waals surface area contributed by atoms with Gasteiger partial charge in [0, 0.05) is 11.5 Å². The fourth-order valence-electron chi connectivity index (χ4n) is 2.51. The van der Waals surface area contributed by atoms with Crippen molar-refractivity contribution in [3.63, 3.8) is 0 Å². The molecule has 1 fully saturated rings. The van der Waals surface area contributed by atoms with Gasteiger partial charge in [-0.05, 0) is 25.0 Å². The third kappa shape index (κ3) is 1.33. The first-order valence-electron chi connectivity index (χ1n) is 5.97. The molecule has 1 saturated carbocycles. The van der Waals surface area contributed by atoms with Crippen molar-refractivity contribution in [2.24, 2.45) is 5.92 Å². The molecule has 2 heterocycles. The molecule has 2 aliphatic heterocycles. The number of esters is 1. The lowest BCUT2D eigenvalue weighted by Crippen LogP contribution is -2.16. The van der Waals surface area contributed by atoms with Crippen LogP contribution in [0.3, 0.4) is 0 Å². The number of rotatable bonds is 1. The minimum absolute atomic E-state index is 0.0617. The highest BCUT2D eigenvalue weighted by molar-refractivity contribution is 5.95. The zero-order chi connectivity index (χ0) is 11.4. The highest BCUT2D eigenvalue weighted by Gasteiger charge is 2.42. The molecule has 0 unspecified atom stereocenters. The standard InChI is InChI=1S/C13H12O4/c14-13-9-6-11-10(15-3-4-16-11)5-8(9)12(17-13)7-1-2-7/h5-7,12H,1-4H2/t12-/m0/s1. The van der Waals surface area contributed by atoms with Gasteiger partial charge in [0.15, 0.2) is 11.5 Å². The average Bonchev–Trinajstić information content (AvgIpc) is 3.14. The van der Waals surface area contributed by atoms with Crippen LogP contribution in [-0.2, 0) is 4.74 Å². The number of fused-ring (bicyclic) bond motifs is 2. The average molecular weight is 232 g/mol. The zero-order valence-electron chi connectivity index (χ0n) is 9.27. The van der Waals surface area contributed by atoms with Crippen molar-refractivity contribution in [2.45, 2.75) is 18.9 Å². The van der Waals surface area contributed by atoms with E-state index in [-0.39, 0.29) is 12.1 Å². The molecule has 0 bridgehead atoms. The number of ether oxygens (including phenoxy) is 3. The number of benzene rings is 1. The zero-order valence-corrected chi connectivity index (χ0v) is 9.27. The van der Waals surface area contributed by atoms with Crippen LogP contribution in [0.25, 0.3) is 0 Å². The SMILES string of the molecule is O=C1O[C@@H](C2CC2)c2cc3c(cc21)OCCO3. The van der Waals surface area contributed by atoms with Gasteiger partial charge < -0.3 is 14.2 Å². The van der Waals surface area contributed by atoms with Crippen molar-refractivity contribution in [1.82, 2.24) is 0 Å². The third-order valence-electron chi connectivity index (χ3n) is 3.52. The molecule has 4 nitrogen and oxygen atoms in total. The van der Waals surface area contributed by atoms with Gasteiger partial charge in [0.05, 0.1) is 5.56 Å². The Balaban J connectivity index is 1.84. The first-order valence-corrected chi connectivity index (χ1v) is 5.97. The van der Waals surface area contributed by atoms with Crippen molar-refractivity contribution < 1.29 is 19.0 Å². The first-order chi connectivity index (χ1) is 8.33. The fourth-order valence-corrected chi connectivity index (χ4v) is 2.51. The topological polar surface area (TPSA) is 44.8 Å². The summed E-state index contributed by atoms with van der Waals surface area (Å²) in [5.74, 6) is 1.67. The van der Waals surface area contributed by atoms with Gasteiger partial charge in [-0.2, -0.15) is 0 Å². The summed E-state index contributed by atoms with van der Waals surface area (Å²) < 4.78 is 16.4. The second-order valence-electron chi connectivity index (χ2n) is 4.75. The molecule has 4 heteroatoms. The van der Waals surface area contributed by atoms with Crippen LogP contribution in [0.2, 0.25) is 0 Å². The van der Waals surface area contributed by atoms with E-state index in [2.05, 4.69) is 0 Å². The van der Waals surface area contributed by atoms with E-state index in [9.17, 15) is 4.79 Å². The summed E-state index contributed by atoms with van der Waals surface area (Å²) in [7, 11) is 0. The fraction of sp³-hybridized carbons (Fsp3) is 0.462. The third-order valence-corrected chi connectivity index (χ3v) is 3.52.